The average Bonchev–Trinajstić information content (AvgIpc) is 3.11. The Kier molecular flexibility index (Phi) is 5.48. The summed E-state index contributed by atoms with van der Waals surface area (Å²) in [5, 5.41) is 14.2. The van der Waals surface area contributed by atoms with Crippen molar-refractivity contribution in [1.82, 2.24) is 9.78 Å². The lowest BCUT2D eigenvalue weighted by Crippen LogP contribution is -2.27. The van der Waals surface area contributed by atoms with Crippen molar-refractivity contribution in [3.8, 4) is 5.69 Å². The number of aromatic nitrogens is 2. The normalized spacial score (nSPS) is 24.6. The second kappa shape index (κ2) is 8.18. The van der Waals surface area contributed by atoms with E-state index in [1.165, 1.54) is 28.8 Å². The number of ether oxygens (including phenoxy) is 1. The molecule has 1 saturated carbocycles. The van der Waals surface area contributed by atoms with E-state index in [2.05, 4.69) is 29.9 Å². The van der Waals surface area contributed by atoms with Gasteiger partial charge >= 0.3 is 0 Å². The minimum absolute atomic E-state index is 0.0757. The van der Waals surface area contributed by atoms with Crippen molar-refractivity contribution in [2.75, 3.05) is 6.26 Å². The topological polar surface area (TPSA) is 50.6 Å². The summed E-state index contributed by atoms with van der Waals surface area (Å²) < 4.78 is 21.7. The number of aliphatic hydroxyl groups excluding tert-OH is 1. The Morgan fingerprint density at radius 1 is 1.12 bits per heavy atom. The highest BCUT2D eigenvalue weighted by Gasteiger charge is 2.74. The first kappa shape index (κ1) is 21.4. The van der Waals surface area contributed by atoms with E-state index in [1.54, 1.807) is 18.4 Å². The van der Waals surface area contributed by atoms with Crippen LogP contribution in [0.1, 0.15) is 41.6 Å². The number of halogens is 1. The second-order valence-electron chi connectivity index (χ2n) is 8.64. The molecule has 1 unspecified atom stereocenters. The van der Waals surface area contributed by atoms with Gasteiger partial charge in [0.1, 0.15) is 17.0 Å². The summed E-state index contributed by atoms with van der Waals surface area (Å²) in [6, 6.07) is 14.6. The van der Waals surface area contributed by atoms with Crippen molar-refractivity contribution in [1.29, 1.82) is 0 Å². The van der Waals surface area contributed by atoms with Crippen molar-refractivity contribution < 1.29 is 14.2 Å². The fourth-order valence-electron chi connectivity index (χ4n) is 5.53. The Labute approximate surface area is 193 Å². The van der Waals surface area contributed by atoms with Crippen molar-refractivity contribution in [3.05, 3.63) is 88.5 Å². The van der Waals surface area contributed by atoms with Crippen LogP contribution in [0.5, 0.6) is 0 Å². The molecule has 0 radical (unpaired) electrons. The Balaban J connectivity index is 0.00000105. The van der Waals surface area contributed by atoms with Gasteiger partial charge in [-0.05, 0) is 79.0 Å². The van der Waals surface area contributed by atoms with Crippen molar-refractivity contribution in [3.63, 3.8) is 0 Å². The Morgan fingerprint density at radius 2 is 1.88 bits per heavy atom. The zero-order valence-electron chi connectivity index (χ0n) is 18.1. The molecule has 2 heterocycles. The average molecular weight is 451 g/mol. The number of hydrogen-bond donors (Lipinski definition) is 2. The van der Waals surface area contributed by atoms with Gasteiger partial charge in [-0.1, -0.05) is 24.3 Å². The summed E-state index contributed by atoms with van der Waals surface area (Å²) in [6.45, 7) is 0.0757. The Hall–Kier alpha value is -2.41. The third-order valence-corrected chi connectivity index (χ3v) is 7.18. The first-order valence-corrected chi connectivity index (χ1v) is 11.9. The van der Waals surface area contributed by atoms with Crippen LogP contribution in [-0.4, -0.2) is 32.3 Å². The number of aliphatic hydroxyl groups is 1. The van der Waals surface area contributed by atoms with E-state index in [0.717, 1.165) is 49.0 Å². The van der Waals surface area contributed by atoms with Crippen molar-refractivity contribution in [2.24, 2.45) is 0 Å². The fraction of sp³-hybridized carbons (Fsp3) is 0.346. The monoisotopic (exact) mass is 450 g/mol. The quantitative estimate of drug-likeness (QED) is 0.428. The summed E-state index contributed by atoms with van der Waals surface area (Å²) in [5.74, 6) is -0.244. The van der Waals surface area contributed by atoms with Gasteiger partial charge < -0.3 is 9.84 Å². The molecule has 32 heavy (non-hydrogen) atoms. The summed E-state index contributed by atoms with van der Waals surface area (Å²) in [4.78, 5) is 0. The van der Waals surface area contributed by atoms with Gasteiger partial charge in [-0.25, -0.2) is 9.07 Å². The molecule has 0 amide bonds. The number of nitrogens with zero attached hydrogens (tertiary/aromatic N) is 2. The lowest BCUT2D eigenvalue weighted by molar-refractivity contribution is 0.234. The summed E-state index contributed by atoms with van der Waals surface area (Å²) in [6.07, 6.45) is 10.6. The van der Waals surface area contributed by atoms with Crippen LogP contribution in [0.25, 0.3) is 11.8 Å². The molecule has 4 nitrogen and oxygen atoms in total. The molecule has 0 bridgehead atoms. The minimum Gasteiger partial charge on any atom is -0.392 e. The fourth-order valence-corrected chi connectivity index (χ4v) is 5.53. The van der Waals surface area contributed by atoms with Crippen LogP contribution in [-0.2, 0) is 24.2 Å². The zero-order chi connectivity index (χ0) is 22.3. The van der Waals surface area contributed by atoms with Crippen LogP contribution in [0, 0.1) is 5.82 Å². The van der Waals surface area contributed by atoms with Gasteiger partial charge in [-0.2, -0.15) is 17.7 Å². The number of epoxide rings is 1. The molecular formula is C26H27FN2O2S. The van der Waals surface area contributed by atoms with Gasteiger partial charge in [-0.15, -0.1) is 0 Å². The summed E-state index contributed by atoms with van der Waals surface area (Å²) in [5.41, 5.74) is 6.41. The van der Waals surface area contributed by atoms with Gasteiger partial charge in [-0.3, -0.25) is 0 Å². The number of benzene rings is 2. The molecule has 6 heteroatoms. The summed E-state index contributed by atoms with van der Waals surface area (Å²) >= 11 is 3.53. The van der Waals surface area contributed by atoms with Gasteiger partial charge in [0.25, 0.3) is 0 Å². The number of aryl methyl sites for hydroxylation is 1. The van der Waals surface area contributed by atoms with E-state index in [-0.39, 0.29) is 23.6 Å². The SMILES string of the molecule is CS.OCc1ccccc1CC[C@]12CCC3=Cc4c(cnn4-c4ccc(F)cc4)CC31O2. The predicted molar refractivity (Wildman–Crippen MR) is 127 cm³/mol. The van der Waals surface area contributed by atoms with Crippen LogP contribution in [0.2, 0.25) is 0 Å². The first-order chi connectivity index (χ1) is 15.6. The minimum atomic E-state index is -0.244. The van der Waals surface area contributed by atoms with E-state index in [1.807, 2.05) is 29.1 Å². The van der Waals surface area contributed by atoms with E-state index in [0.29, 0.717) is 0 Å². The van der Waals surface area contributed by atoms with Gasteiger partial charge in [0.05, 0.1) is 24.2 Å². The third kappa shape index (κ3) is 3.24. The lowest BCUT2D eigenvalue weighted by atomic mass is 9.81. The highest BCUT2D eigenvalue weighted by atomic mass is 32.1. The maximum atomic E-state index is 13.3. The Morgan fingerprint density at radius 3 is 2.62 bits per heavy atom. The number of fused-ring (bicyclic) bond motifs is 1. The molecule has 1 N–H and O–H groups in total. The van der Waals surface area contributed by atoms with Crippen molar-refractivity contribution >= 4 is 18.7 Å². The second-order valence-corrected chi connectivity index (χ2v) is 8.64. The van der Waals surface area contributed by atoms with Crippen LogP contribution in [0.15, 0.2) is 60.3 Å². The maximum Gasteiger partial charge on any atom is 0.123 e. The highest BCUT2D eigenvalue weighted by Crippen LogP contribution is 2.67. The van der Waals surface area contributed by atoms with E-state index in [4.69, 9.17) is 4.74 Å². The number of hydrogen-bond acceptors (Lipinski definition) is 4. The van der Waals surface area contributed by atoms with E-state index < -0.39 is 0 Å². The van der Waals surface area contributed by atoms with E-state index >= 15 is 0 Å². The molecule has 2 fully saturated rings. The third-order valence-electron chi connectivity index (χ3n) is 7.18. The van der Waals surface area contributed by atoms with Gasteiger partial charge in [0, 0.05) is 12.0 Å². The molecule has 2 aliphatic carbocycles. The highest BCUT2D eigenvalue weighted by molar-refractivity contribution is 7.79. The molecule has 3 aliphatic rings. The molecule has 1 aromatic heterocycles. The molecular weight excluding hydrogens is 423 g/mol. The molecule has 3 aromatic rings. The van der Waals surface area contributed by atoms with Crippen molar-refractivity contribution in [2.45, 2.75) is 49.9 Å². The molecule has 1 saturated heterocycles. The lowest BCUT2D eigenvalue weighted by Gasteiger charge is -2.20. The Bertz CT molecular complexity index is 1170. The standard InChI is InChI=1S/C25H23FN2O2.CH4S/c26-21-5-7-22(8-6-21)28-23-13-20-10-12-24(25(20,30-24)14-19(23)15-27-28)11-9-17-3-1-2-4-18(17)16-29;1-2/h1-8,13,15,29H,9-12,14,16H2;2H,1H3/t24-,25?;/m0./s1. The maximum absolute atomic E-state index is 13.3. The molecule has 166 valence electrons. The smallest absolute Gasteiger partial charge is 0.123 e. The van der Waals surface area contributed by atoms with Crippen LogP contribution >= 0.6 is 12.6 Å². The zero-order valence-corrected chi connectivity index (χ0v) is 19.0. The molecule has 1 spiro atoms. The molecule has 2 aromatic carbocycles. The van der Waals surface area contributed by atoms with Crippen LogP contribution in [0.4, 0.5) is 4.39 Å². The number of rotatable bonds is 5. The van der Waals surface area contributed by atoms with Gasteiger partial charge in [0.2, 0.25) is 0 Å². The molecule has 6 rings (SSSR count). The van der Waals surface area contributed by atoms with Crippen LogP contribution < -0.4 is 0 Å². The largest absolute Gasteiger partial charge is 0.392 e. The molecule has 1 aliphatic heterocycles. The van der Waals surface area contributed by atoms with E-state index in [9.17, 15) is 9.50 Å². The molecule has 2 atom stereocenters. The summed E-state index contributed by atoms with van der Waals surface area (Å²) in [7, 11) is 0. The first-order valence-electron chi connectivity index (χ1n) is 11.0. The predicted octanol–water partition coefficient (Wildman–Crippen LogP) is 4.92. The van der Waals surface area contributed by atoms with Gasteiger partial charge in [0.15, 0.2) is 0 Å². The van der Waals surface area contributed by atoms with Crippen LogP contribution in [0.3, 0.4) is 0 Å². The number of thiol groups is 1.